The Morgan fingerprint density at radius 1 is 1.17 bits per heavy atom. The number of carbonyl (C=O) groups is 3. The molecule has 1 aromatic carbocycles. The molecule has 1 spiro atoms. The number of rotatable bonds is 12. The fourth-order valence-electron chi connectivity index (χ4n) is 7.63. The Kier molecular flexibility index (Phi) is 9.47. The summed E-state index contributed by atoms with van der Waals surface area (Å²) in [4.78, 5) is 50.7. The molecule has 42 heavy (non-hydrogen) atoms. The molecule has 9 nitrogen and oxygen atoms in total. The monoisotopic (exact) mass is 596 g/mol. The fraction of sp³-hybridized carbons (Fsp3) is 0.594. The molecule has 4 fully saturated rings. The lowest BCUT2D eigenvalue weighted by atomic mass is 9.65. The lowest BCUT2D eigenvalue weighted by molar-refractivity contribution is -0.147. The van der Waals surface area contributed by atoms with Gasteiger partial charge in [-0.3, -0.25) is 19.3 Å². The number of benzene rings is 1. The molecule has 228 valence electrons. The number of likely N-dealkylation sites (N-methyl/N-ethyl adjacent to an activating group) is 1. The Labute approximate surface area is 253 Å². The largest absolute Gasteiger partial charge is 0.394 e. The van der Waals surface area contributed by atoms with Gasteiger partial charge in [0.2, 0.25) is 17.7 Å². The Balaban J connectivity index is 1.56. The first-order valence-corrected chi connectivity index (χ1v) is 15.9. The highest BCUT2D eigenvalue weighted by atomic mass is 32.2. The van der Waals surface area contributed by atoms with Gasteiger partial charge in [0.25, 0.3) is 0 Å². The number of likely N-dealkylation sites (tertiary alicyclic amines) is 1. The number of aliphatic hydroxyl groups excluding tert-OH is 1. The molecule has 0 aliphatic carbocycles. The van der Waals surface area contributed by atoms with E-state index in [1.165, 1.54) is 0 Å². The summed E-state index contributed by atoms with van der Waals surface area (Å²) in [6.07, 6.45) is 4.17. The van der Waals surface area contributed by atoms with Crippen LogP contribution in [-0.4, -0.2) is 125 Å². The number of fused-ring (bicyclic) bond motifs is 1. The normalized spacial score (nSPS) is 31.1. The zero-order chi connectivity index (χ0) is 30.0. The van der Waals surface area contributed by atoms with Crippen LogP contribution in [0.2, 0.25) is 0 Å². The molecule has 4 saturated heterocycles. The van der Waals surface area contributed by atoms with Crippen molar-refractivity contribution in [2.45, 2.75) is 35.4 Å². The van der Waals surface area contributed by atoms with Gasteiger partial charge >= 0.3 is 0 Å². The van der Waals surface area contributed by atoms with E-state index in [9.17, 15) is 19.5 Å². The molecule has 5 rings (SSSR count). The third-order valence-corrected chi connectivity index (χ3v) is 11.7. The van der Waals surface area contributed by atoms with Crippen LogP contribution in [0.3, 0.4) is 0 Å². The van der Waals surface area contributed by atoms with Gasteiger partial charge in [-0.2, -0.15) is 0 Å². The standard InChI is InChI=1S/C32H44N4O5S/c1-5-12-33(4)29(38)26-25-20-22(3)32(42-25)27(26)30(39)36(24(21-37)23-10-8-7-9-11-23)28(32)31(40)35(13-6-2)15-14-34-16-18-41-19-17-34/h5-11,22,24-28,37H,1-2,12-21H2,3-4H3/t22?,24-,25-,26+,27+,28?,32?/m1/s1. The Hall–Kier alpha value is -2.66. The highest BCUT2D eigenvalue weighted by Gasteiger charge is 2.77. The van der Waals surface area contributed by atoms with E-state index in [4.69, 9.17) is 4.74 Å². The van der Waals surface area contributed by atoms with Crippen LogP contribution in [0.25, 0.3) is 0 Å². The Morgan fingerprint density at radius 2 is 1.86 bits per heavy atom. The van der Waals surface area contributed by atoms with Gasteiger partial charge in [0.05, 0.1) is 42.4 Å². The van der Waals surface area contributed by atoms with E-state index in [-0.39, 0.29) is 35.5 Å². The molecule has 1 N–H and O–H groups in total. The third kappa shape index (κ3) is 5.20. The van der Waals surface area contributed by atoms with Crippen LogP contribution >= 0.6 is 11.8 Å². The van der Waals surface area contributed by atoms with Crippen molar-refractivity contribution in [2.75, 3.05) is 66.1 Å². The predicted octanol–water partition coefficient (Wildman–Crippen LogP) is 2.05. The van der Waals surface area contributed by atoms with Crippen molar-refractivity contribution < 1.29 is 24.2 Å². The molecule has 4 aliphatic heterocycles. The van der Waals surface area contributed by atoms with Gasteiger partial charge < -0.3 is 24.5 Å². The highest BCUT2D eigenvalue weighted by Crippen LogP contribution is 2.69. The SMILES string of the molecule is C=CCN(C)C(=O)[C@@H]1[C@H]2C(=O)N([C@H](CO)c3ccccc3)C(C(=O)N(CC=C)CCN3CCOCC3)C23S[C@@H]1CC3C. The molecule has 10 heteroatoms. The van der Waals surface area contributed by atoms with Crippen molar-refractivity contribution >= 4 is 29.5 Å². The lowest BCUT2D eigenvalue weighted by Gasteiger charge is -2.42. The molecule has 3 unspecified atom stereocenters. The second kappa shape index (κ2) is 12.9. The van der Waals surface area contributed by atoms with Gasteiger partial charge in [-0.15, -0.1) is 24.9 Å². The summed E-state index contributed by atoms with van der Waals surface area (Å²) in [5.41, 5.74) is 0.768. The van der Waals surface area contributed by atoms with Gasteiger partial charge in [0.15, 0.2) is 0 Å². The maximum Gasteiger partial charge on any atom is 0.247 e. The third-order valence-electron chi connectivity index (χ3n) is 9.63. The average Bonchev–Trinajstić information content (AvgIpc) is 3.60. The van der Waals surface area contributed by atoms with E-state index < -0.39 is 28.7 Å². The van der Waals surface area contributed by atoms with Crippen molar-refractivity contribution in [1.29, 1.82) is 0 Å². The van der Waals surface area contributed by atoms with Crippen molar-refractivity contribution in [3.8, 4) is 0 Å². The number of carbonyl (C=O) groups excluding carboxylic acids is 3. The van der Waals surface area contributed by atoms with Gasteiger partial charge in [-0.1, -0.05) is 49.4 Å². The summed E-state index contributed by atoms with van der Waals surface area (Å²) < 4.78 is 4.73. The summed E-state index contributed by atoms with van der Waals surface area (Å²) in [6.45, 7) is 14.4. The van der Waals surface area contributed by atoms with E-state index in [1.54, 1.807) is 40.8 Å². The number of ether oxygens (including phenoxy) is 1. The van der Waals surface area contributed by atoms with E-state index in [2.05, 4.69) is 25.0 Å². The van der Waals surface area contributed by atoms with E-state index >= 15 is 0 Å². The van der Waals surface area contributed by atoms with Crippen LogP contribution in [0.15, 0.2) is 55.6 Å². The number of amides is 3. The van der Waals surface area contributed by atoms with Crippen molar-refractivity contribution in [3.63, 3.8) is 0 Å². The van der Waals surface area contributed by atoms with Crippen molar-refractivity contribution in [1.82, 2.24) is 19.6 Å². The first kappa shape index (κ1) is 30.8. The van der Waals surface area contributed by atoms with E-state index in [0.29, 0.717) is 39.4 Å². The van der Waals surface area contributed by atoms with Gasteiger partial charge in [-0.25, -0.2) is 0 Å². The number of aliphatic hydroxyl groups is 1. The molecule has 0 radical (unpaired) electrons. The van der Waals surface area contributed by atoms with Crippen LogP contribution in [0.5, 0.6) is 0 Å². The van der Waals surface area contributed by atoms with E-state index in [1.807, 2.05) is 35.2 Å². The molecule has 2 bridgehead atoms. The predicted molar refractivity (Wildman–Crippen MR) is 164 cm³/mol. The lowest BCUT2D eigenvalue weighted by Crippen LogP contribution is -2.58. The zero-order valence-electron chi connectivity index (χ0n) is 24.8. The molecule has 4 heterocycles. The minimum absolute atomic E-state index is 0.0362. The number of thioether (sulfide) groups is 1. The van der Waals surface area contributed by atoms with Gasteiger partial charge in [0.1, 0.15) is 6.04 Å². The molecular formula is C32H44N4O5S. The summed E-state index contributed by atoms with van der Waals surface area (Å²) in [7, 11) is 1.74. The summed E-state index contributed by atoms with van der Waals surface area (Å²) in [6, 6.07) is 7.89. The summed E-state index contributed by atoms with van der Waals surface area (Å²) in [5.74, 6) is -1.57. The molecule has 0 saturated carbocycles. The number of hydrogen-bond acceptors (Lipinski definition) is 7. The van der Waals surface area contributed by atoms with Crippen molar-refractivity contribution in [2.24, 2.45) is 17.8 Å². The molecule has 0 aromatic heterocycles. The zero-order valence-corrected chi connectivity index (χ0v) is 25.6. The smallest absolute Gasteiger partial charge is 0.247 e. The maximum absolute atomic E-state index is 14.8. The minimum atomic E-state index is -0.815. The Bertz CT molecular complexity index is 1180. The van der Waals surface area contributed by atoms with Crippen LogP contribution in [0, 0.1) is 17.8 Å². The fourth-order valence-corrected chi connectivity index (χ4v) is 10.0. The van der Waals surface area contributed by atoms with Crippen molar-refractivity contribution in [3.05, 3.63) is 61.2 Å². The van der Waals surface area contributed by atoms with Crippen LogP contribution < -0.4 is 0 Å². The van der Waals surface area contributed by atoms with Crippen LogP contribution in [0.1, 0.15) is 24.9 Å². The second-order valence-corrected chi connectivity index (χ2v) is 13.5. The van der Waals surface area contributed by atoms with Gasteiger partial charge in [-0.05, 0) is 17.9 Å². The minimum Gasteiger partial charge on any atom is -0.394 e. The molecular weight excluding hydrogens is 552 g/mol. The summed E-state index contributed by atoms with van der Waals surface area (Å²) in [5, 5.41) is 10.7. The first-order chi connectivity index (χ1) is 20.3. The maximum atomic E-state index is 14.8. The molecule has 3 amide bonds. The van der Waals surface area contributed by atoms with Crippen LogP contribution in [0.4, 0.5) is 0 Å². The number of morpholine rings is 1. The topological polar surface area (TPSA) is 93.6 Å². The van der Waals surface area contributed by atoms with E-state index in [0.717, 1.165) is 25.1 Å². The molecule has 4 aliphatic rings. The highest BCUT2D eigenvalue weighted by molar-refractivity contribution is 8.02. The molecule has 1 aromatic rings. The molecule has 7 atom stereocenters. The number of hydrogen-bond donors (Lipinski definition) is 1. The van der Waals surface area contributed by atoms with Crippen LogP contribution in [-0.2, 0) is 19.1 Å². The van der Waals surface area contributed by atoms with Gasteiger partial charge in [0, 0.05) is 51.6 Å². The first-order valence-electron chi connectivity index (χ1n) is 15.0. The quantitative estimate of drug-likeness (QED) is 0.369. The average molecular weight is 597 g/mol. The second-order valence-electron chi connectivity index (χ2n) is 11.9. The summed E-state index contributed by atoms with van der Waals surface area (Å²) >= 11 is 1.66. The Morgan fingerprint density at radius 3 is 2.50 bits per heavy atom. The number of nitrogens with zero attached hydrogens (tertiary/aromatic N) is 4.